The molecule has 400 valence electrons. The van der Waals surface area contributed by atoms with Gasteiger partial charge in [0, 0.05) is 62.2 Å². The summed E-state index contributed by atoms with van der Waals surface area (Å²) in [6.45, 7) is 11.9. The average molecular weight is 1060 g/mol. The van der Waals surface area contributed by atoms with E-state index in [2.05, 4.69) is 43.5 Å². The summed E-state index contributed by atoms with van der Waals surface area (Å²) in [6, 6.07) is 29.7. The Morgan fingerprint density at radius 3 is 2.40 bits per heavy atom. The Balaban J connectivity index is 0.678. The number of para-hydroxylation sites is 1. The van der Waals surface area contributed by atoms with Crippen LogP contribution in [0.5, 0.6) is 11.5 Å². The Labute approximate surface area is 453 Å². The highest BCUT2D eigenvalue weighted by Gasteiger charge is 2.33. The largest absolute Gasteiger partial charge is 0.490 e. The number of benzene rings is 4. The molecule has 1 saturated carbocycles. The molecule has 0 bridgehead atoms. The summed E-state index contributed by atoms with van der Waals surface area (Å²) >= 11 is 1.45. The van der Waals surface area contributed by atoms with E-state index in [0.29, 0.717) is 66.0 Å². The summed E-state index contributed by atoms with van der Waals surface area (Å²) in [5.74, 6) is 1.32. The van der Waals surface area contributed by atoms with Gasteiger partial charge in [0.15, 0.2) is 10.8 Å². The molecule has 2 saturated heterocycles. The molecule has 6 heterocycles. The third kappa shape index (κ3) is 11.6. The van der Waals surface area contributed by atoms with Crippen LogP contribution in [0.1, 0.15) is 134 Å². The van der Waals surface area contributed by atoms with E-state index in [-0.39, 0.29) is 35.6 Å². The number of carbonyl (C=O) groups is 4. The summed E-state index contributed by atoms with van der Waals surface area (Å²) < 4.78 is 22.1. The van der Waals surface area contributed by atoms with E-state index in [1.807, 2.05) is 113 Å². The van der Waals surface area contributed by atoms with Gasteiger partial charge in [-0.05, 0) is 175 Å². The van der Waals surface area contributed by atoms with E-state index in [9.17, 15) is 19.2 Å². The van der Waals surface area contributed by atoms with Crippen molar-refractivity contribution in [3.8, 4) is 22.6 Å². The monoisotopic (exact) mass is 1060 g/mol. The van der Waals surface area contributed by atoms with E-state index in [0.717, 1.165) is 113 Å². The molecule has 15 nitrogen and oxygen atoms in total. The lowest BCUT2D eigenvalue weighted by Crippen LogP contribution is -2.39. The second-order valence-corrected chi connectivity index (χ2v) is 23.3. The van der Waals surface area contributed by atoms with E-state index in [1.165, 1.54) is 24.2 Å². The number of nitrogens with zero attached hydrogens (tertiary/aromatic N) is 6. The molecular formula is C61H68N8O7S. The first-order chi connectivity index (χ1) is 37.2. The van der Waals surface area contributed by atoms with Crippen molar-refractivity contribution in [3.05, 3.63) is 125 Å². The average Bonchev–Trinajstić information content (AvgIpc) is 4.02. The van der Waals surface area contributed by atoms with Crippen LogP contribution in [0.2, 0.25) is 0 Å². The summed E-state index contributed by atoms with van der Waals surface area (Å²) in [5, 5.41) is 11.7. The zero-order valence-corrected chi connectivity index (χ0v) is 45.5. The number of aromatic nitrogens is 4. The quantitative estimate of drug-likeness (QED) is 0.0782. The lowest BCUT2D eigenvalue weighted by Gasteiger charge is -2.33. The normalized spacial score (nSPS) is 19.5. The second kappa shape index (κ2) is 22.1. The lowest BCUT2D eigenvalue weighted by molar-refractivity contribution is -0.134. The van der Waals surface area contributed by atoms with E-state index < -0.39 is 17.5 Å². The minimum atomic E-state index is -0.733. The zero-order valence-electron chi connectivity index (χ0n) is 44.7. The fourth-order valence-corrected chi connectivity index (χ4v) is 12.6. The van der Waals surface area contributed by atoms with Gasteiger partial charge in [-0.3, -0.25) is 29.7 Å². The van der Waals surface area contributed by atoms with Crippen molar-refractivity contribution in [1.29, 1.82) is 0 Å². The highest BCUT2D eigenvalue weighted by Crippen LogP contribution is 2.39. The van der Waals surface area contributed by atoms with Gasteiger partial charge in [0.1, 0.15) is 29.0 Å². The summed E-state index contributed by atoms with van der Waals surface area (Å²) in [4.78, 5) is 66.7. The standard InChI is InChI=1S/C61H68N8O7S/c1-37-43(44-24-26-53(63-56(44)59(73)76-61(2,3)4)69-34-28-39-12-8-14-45(48(39)36-69)57(71)65-60-62-49-15-6-7-17-52(49)77-60)13-9-16-51(37)75-40-20-18-38(19-21-40)11-10-31-68-32-29-41(30-33-68)74-42-22-23-46-50(35-42)67(5)66-55(46)47-25-27-54(70)64-58(47)72/h6-9,12-17,22-24,26,35,38,40-41,47H,10-11,18-21,25,27-34,36H2,1-5H3,(H,62,65,71)(H,64,70,72)/t38-,40-,47?. The molecule has 77 heavy (non-hydrogen) atoms. The number of fused-ring (bicyclic) bond motifs is 3. The molecule has 16 heteroatoms. The number of piperidine rings is 2. The van der Waals surface area contributed by atoms with E-state index in [1.54, 1.807) is 4.68 Å². The lowest BCUT2D eigenvalue weighted by atomic mass is 9.84. The van der Waals surface area contributed by atoms with Gasteiger partial charge in [-0.15, -0.1) is 0 Å². The minimum absolute atomic E-state index is 0.117. The number of hydrogen-bond acceptors (Lipinski definition) is 13. The van der Waals surface area contributed by atoms with Crippen LogP contribution in [0.3, 0.4) is 0 Å². The fraction of sp³-hybridized carbons (Fsp3) is 0.426. The van der Waals surface area contributed by atoms with Crippen LogP contribution in [0, 0.1) is 12.8 Å². The zero-order chi connectivity index (χ0) is 53.4. The number of pyridine rings is 1. The highest BCUT2D eigenvalue weighted by atomic mass is 32.1. The van der Waals surface area contributed by atoms with Crippen LogP contribution in [-0.4, -0.2) is 92.3 Å². The van der Waals surface area contributed by atoms with Crippen LogP contribution in [0.4, 0.5) is 10.9 Å². The molecule has 7 aromatic rings. The number of thiazole rings is 1. The molecule has 0 radical (unpaired) electrons. The molecule has 1 unspecified atom stereocenters. The van der Waals surface area contributed by atoms with Gasteiger partial charge in [-0.1, -0.05) is 47.7 Å². The second-order valence-electron chi connectivity index (χ2n) is 22.3. The molecule has 3 fully saturated rings. The molecule has 4 aromatic carbocycles. The maximum absolute atomic E-state index is 14.1. The van der Waals surface area contributed by atoms with Crippen molar-refractivity contribution in [2.75, 3.05) is 36.4 Å². The molecule has 3 aromatic heterocycles. The predicted molar refractivity (Wildman–Crippen MR) is 300 cm³/mol. The molecule has 11 rings (SSSR count). The van der Waals surface area contributed by atoms with Gasteiger partial charge in [-0.25, -0.2) is 14.8 Å². The van der Waals surface area contributed by atoms with Crippen LogP contribution >= 0.6 is 11.3 Å². The third-order valence-electron chi connectivity index (χ3n) is 15.8. The number of imide groups is 1. The number of hydrogen-bond donors (Lipinski definition) is 2. The first-order valence-corrected chi connectivity index (χ1v) is 28.2. The number of esters is 1. The van der Waals surface area contributed by atoms with Crippen molar-refractivity contribution in [1.82, 2.24) is 30.0 Å². The molecule has 3 aliphatic heterocycles. The number of likely N-dealkylation sites (tertiary alicyclic amines) is 1. The van der Waals surface area contributed by atoms with Gasteiger partial charge < -0.3 is 24.0 Å². The first kappa shape index (κ1) is 51.9. The SMILES string of the molecule is Cc1c(O[C@H]2CC[C@H](CCCN3CCC(Oc4ccc5c(C6CCC(=O)NC6=O)nn(C)c5c4)CC3)CC2)cccc1-c1ccc(N2CCc3cccc(C(=O)Nc4nc5ccccc5s4)c3C2)nc1C(=O)OC(C)(C)C. The van der Waals surface area contributed by atoms with Crippen molar-refractivity contribution < 1.29 is 33.4 Å². The van der Waals surface area contributed by atoms with Crippen LogP contribution in [0.25, 0.3) is 32.2 Å². The highest BCUT2D eigenvalue weighted by molar-refractivity contribution is 7.22. The number of amides is 3. The van der Waals surface area contributed by atoms with E-state index >= 15 is 0 Å². The third-order valence-corrected chi connectivity index (χ3v) is 16.8. The van der Waals surface area contributed by atoms with Crippen molar-refractivity contribution in [2.45, 2.75) is 129 Å². The van der Waals surface area contributed by atoms with Crippen LogP contribution in [0.15, 0.2) is 91.0 Å². The summed E-state index contributed by atoms with van der Waals surface area (Å²) in [5.41, 5.74) is 7.14. The molecular weight excluding hydrogens is 989 g/mol. The Kier molecular flexibility index (Phi) is 14.9. The van der Waals surface area contributed by atoms with E-state index in [4.69, 9.17) is 19.2 Å². The number of aryl methyl sites for hydroxylation is 1. The minimum Gasteiger partial charge on any atom is -0.490 e. The molecule has 4 aliphatic rings. The predicted octanol–water partition coefficient (Wildman–Crippen LogP) is 11.1. The number of anilines is 2. The molecule has 3 amide bonds. The topological polar surface area (TPSA) is 170 Å². The maximum atomic E-state index is 14.1. The van der Waals surface area contributed by atoms with Crippen LogP contribution in [-0.2, 0) is 34.3 Å². The Bertz CT molecular complexity index is 3330. The van der Waals surface area contributed by atoms with Crippen molar-refractivity contribution >= 4 is 67.1 Å². The maximum Gasteiger partial charge on any atom is 0.358 e. The fourth-order valence-electron chi connectivity index (χ4n) is 11.8. The molecule has 1 atom stereocenters. The van der Waals surface area contributed by atoms with Gasteiger partial charge in [0.25, 0.3) is 5.91 Å². The van der Waals surface area contributed by atoms with Crippen molar-refractivity contribution in [2.24, 2.45) is 13.0 Å². The molecule has 1 aliphatic carbocycles. The van der Waals surface area contributed by atoms with Gasteiger partial charge in [-0.2, -0.15) is 5.10 Å². The number of rotatable bonds is 14. The molecule has 2 N–H and O–H groups in total. The molecule has 0 spiro atoms. The van der Waals surface area contributed by atoms with Gasteiger partial charge in [0.2, 0.25) is 11.8 Å². The van der Waals surface area contributed by atoms with Crippen LogP contribution < -0.4 is 25.0 Å². The number of nitrogens with one attached hydrogen (secondary N) is 2. The number of carbonyl (C=O) groups excluding carboxylic acids is 4. The Hall–Kier alpha value is -7.17. The smallest absolute Gasteiger partial charge is 0.358 e. The number of ether oxygens (including phenoxy) is 3. The summed E-state index contributed by atoms with van der Waals surface area (Å²) in [6.07, 6.45) is 10.4. The first-order valence-electron chi connectivity index (χ1n) is 27.4. The summed E-state index contributed by atoms with van der Waals surface area (Å²) in [7, 11) is 1.88. The van der Waals surface area contributed by atoms with Gasteiger partial charge >= 0.3 is 5.97 Å². The Morgan fingerprint density at radius 1 is 0.818 bits per heavy atom. The van der Waals surface area contributed by atoms with Crippen molar-refractivity contribution in [3.63, 3.8) is 0 Å². The Morgan fingerprint density at radius 2 is 1.61 bits per heavy atom. The van der Waals surface area contributed by atoms with Gasteiger partial charge in [0.05, 0.1) is 33.4 Å².